The molecule has 0 unspecified atom stereocenters. The molecule has 0 aliphatic rings. The Labute approximate surface area is 424 Å². The number of imidazole rings is 1. The molecule has 0 spiro atoms. The second-order valence-electron chi connectivity index (χ2n) is 21.5. The van der Waals surface area contributed by atoms with Crippen molar-refractivity contribution in [2.45, 2.75) is 78.6 Å². The Balaban J connectivity index is 1.13. The minimum atomic E-state index is -0.453. The van der Waals surface area contributed by atoms with Crippen LogP contribution in [0, 0.1) is 6.33 Å². The van der Waals surface area contributed by atoms with Crippen molar-refractivity contribution in [1.29, 1.82) is 0 Å². The van der Waals surface area contributed by atoms with Crippen LogP contribution in [0.3, 0.4) is 0 Å². The van der Waals surface area contributed by atoms with Crippen molar-refractivity contribution in [2.24, 2.45) is 0 Å². The van der Waals surface area contributed by atoms with Crippen LogP contribution in [0.25, 0.3) is 83.5 Å². The Bertz CT molecular complexity index is 4040. The van der Waals surface area contributed by atoms with E-state index < -0.39 is 18.1 Å². The smallest absolute Gasteiger partial charge is 0.271 e. The lowest BCUT2D eigenvalue weighted by molar-refractivity contribution is -0.571. The summed E-state index contributed by atoms with van der Waals surface area (Å²) in [6, 6.07) is 49.6. The zero-order valence-electron chi connectivity index (χ0n) is 46.7. The van der Waals surface area contributed by atoms with Gasteiger partial charge in [-0.1, -0.05) is 190 Å². The first-order valence-electron chi connectivity index (χ1n) is 26.7. The van der Waals surface area contributed by atoms with Gasteiger partial charge in [0.05, 0.1) is 34.6 Å². The molecule has 350 valence electrons. The highest BCUT2D eigenvalue weighted by Gasteiger charge is 2.26. The van der Waals surface area contributed by atoms with Gasteiger partial charge in [-0.3, -0.25) is 18.7 Å². The molecule has 11 aromatic rings. The molecule has 71 heavy (non-hydrogen) atoms. The normalized spacial score (nSPS) is 13.3. The van der Waals surface area contributed by atoms with E-state index in [1.54, 1.807) is 6.20 Å². The van der Waals surface area contributed by atoms with E-state index in [1.165, 1.54) is 5.56 Å². The molecule has 0 amide bonds. The molecular weight excluding hydrogens is 867 g/mol. The number of nitrogens with zero attached hydrogens (tertiary/aromatic N) is 5. The third kappa shape index (κ3) is 8.58. The zero-order chi connectivity index (χ0) is 53.6. The van der Waals surface area contributed by atoms with Crippen LogP contribution in [0.4, 0.5) is 0 Å². The maximum absolute atomic E-state index is 9.34. The van der Waals surface area contributed by atoms with E-state index in [1.807, 2.05) is 69.9 Å². The lowest BCUT2D eigenvalue weighted by Gasteiger charge is -2.27. The molecule has 6 heteroatoms. The summed E-state index contributed by atoms with van der Waals surface area (Å²) < 4.78 is 57.8. The Morgan fingerprint density at radius 1 is 0.479 bits per heavy atom. The first kappa shape index (κ1) is 39.7. The van der Waals surface area contributed by atoms with E-state index in [0.29, 0.717) is 28.6 Å². The van der Waals surface area contributed by atoms with Crippen molar-refractivity contribution >= 4 is 32.8 Å². The molecule has 0 radical (unpaired) electrons. The maximum atomic E-state index is 9.34. The predicted molar refractivity (Wildman–Crippen MR) is 292 cm³/mol. The SMILES string of the molecule is [2H]c1c([2H])c([2H])c(-c2cccc(-c3cc(C(C)(C)C)cc(C(C)(C)C)c3)c2-[n+]2[c-]n(-c3cc(Oc4ccc5c6ccccc6n(-c6cc(C(C)(C)C)ccn6)c5c4)ccn3)c3ccc(-c4ccccc4)cc32)c([2H])c1[2H]. The molecule has 0 saturated heterocycles. The van der Waals surface area contributed by atoms with Gasteiger partial charge in [-0.15, -0.1) is 0 Å². The van der Waals surface area contributed by atoms with Gasteiger partial charge in [-0.05, 0) is 109 Å². The molecule has 0 aliphatic heterocycles. The van der Waals surface area contributed by atoms with Crippen molar-refractivity contribution in [3.05, 3.63) is 217 Å². The standard InChI is InChI=1S/C65H59N5O/c1-63(2,3)47-31-33-67-61(39-47)70-56-26-17-16-23-54(56)55-29-28-50(40-58(55)70)71-51-32-34-66-60(41-51)68-42-69(59-37-45(27-30-57(59)68)43-19-12-10-13-20-43)62-52(44-21-14-11-15-22-44)24-18-25-53(62)46-35-48(64(4,5)6)38-49(36-46)65(7,8)9/h10-41H,1-9H3/i11D,14D,15D,21D,22D. The lowest BCUT2D eigenvalue weighted by atomic mass is 9.78. The summed E-state index contributed by atoms with van der Waals surface area (Å²) in [7, 11) is 0. The average molecular weight is 931 g/mol. The van der Waals surface area contributed by atoms with E-state index in [0.717, 1.165) is 72.0 Å². The van der Waals surface area contributed by atoms with Gasteiger partial charge in [0, 0.05) is 35.3 Å². The molecule has 11 rings (SSSR count). The van der Waals surface area contributed by atoms with Gasteiger partial charge in [0.2, 0.25) is 0 Å². The largest absolute Gasteiger partial charge is 0.458 e. The molecule has 0 fully saturated rings. The molecule has 0 aliphatic carbocycles. The van der Waals surface area contributed by atoms with Gasteiger partial charge in [0.1, 0.15) is 17.3 Å². The highest BCUT2D eigenvalue weighted by atomic mass is 16.5. The van der Waals surface area contributed by atoms with Gasteiger partial charge in [-0.25, -0.2) is 4.98 Å². The van der Waals surface area contributed by atoms with Gasteiger partial charge in [-0.2, -0.15) is 0 Å². The van der Waals surface area contributed by atoms with Crippen molar-refractivity contribution < 1.29 is 16.2 Å². The van der Waals surface area contributed by atoms with Crippen molar-refractivity contribution in [1.82, 2.24) is 19.1 Å². The third-order valence-electron chi connectivity index (χ3n) is 13.4. The van der Waals surface area contributed by atoms with Crippen LogP contribution in [0.1, 0.15) is 85.9 Å². The molecule has 4 aromatic heterocycles. The summed E-state index contributed by atoms with van der Waals surface area (Å²) in [6.07, 6.45) is 7.32. The molecule has 7 aromatic carbocycles. The van der Waals surface area contributed by atoms with Crippen LogP contribution in [0.15, 0.2) is 194 Å². The molecule has 0 atom stereocenters. The number of rotatable bonds is 8. The van der Waals surface area contributed by atoms with Gasteiger partial charge < -0.3 is 4.74 Å². The summed E-state index contributed by atoms with van der Waals surface area (Å²) in [4.78, 5) is 9.82. The molecule has 4 heterocycles. The fraction of sp³-hybridized carbons (Fsp3) is 0.185. The number of hydrogen-bond acceptors (Lipinski definition) is 3. The Kier molecular flexibility index (Phi) is 9.73. The van der Waals surface area contributed by atoms with Crippen molar-refractivity contribution in [3.63, 3.8) is 0 Å². The van der Waals surface area contributed by atoms with Gasteiger partial charge >= 0.3 is 0 Å². The summed E-state index contributed by atoms with van der Waals surface area (Å²) in [5.74, 6) is 2.54. The summed E-state index contributed by atoms with van der Waals surface area (Å²) >= 11 is 0. The van der Waals surface area contributed by atoms with Crippen LogP contribution < -0.4 is 9.30 Å². The Morgan fingerprint density at radius 3 is 1.86 bits per heavy atom. The van der Waals surface area contributed by atoms with E-state index in [-0.39, 0.29) is 33.9 Å². The first-order valence-corrected chi connectivity index (χ1v) is 24.2. The third-order valence-corrected chi connectivity index (χ3v) is 13.4. The average Bonchev–Trinajstić information content (AvgIpc) is 3.97. The molecule has 0 N–H and O–H groups in total. The lowest BCUT2D eigenvalue weighted by Crippen LogP contribution is -2.31. The number of hydrogen-bond donors (Lipinski definition) is 0. The molecule has 0 saturated carbocycles. The van der Waals surface area contributed by atoms with Crippen LogP contribution in [-0.4, -0.2) is 19.1 Å². The number of ether oxygens (including phenoxy) is 1. The monoisotopic (exact) mass is 931 g/mol. The highest BCUT2D eigenvalue weighted by molar-refractivity contribution is 6.09. The maximum Gasteiger partial charge on any atom is 0.271 e. The van der Waals surface area contributed by atoms with Crippen LogP contribution in [-0.2, 0) is 16.2 Å². The Hall–Kier alpha value is -8.09. The zero-order valence-corrected chi connectivity index (χ0v) is 41.7. The quantitative estimate of drug-likeness (QED) is 0.113. The number of pyridine rings is 2. The summed E-state index contributed by atoms with van der Waals surface area (Å²) in [5, 5.41) is 2.20. The fourth-order valence-corrected chi connectivity index (χ4v) is 9.50. The van der Waals surface area contributed by atoms with Crippen molar-refractivity contribution in [2.75, 3.05) is 0 Å². The van der Waals surface area contributed by atoms with Gasteiger partial charge in [0.15, 0.2) is 5.82 Å². The predicted octanol–water partition coefficient (Wildman–Crippen LogP) is 16.3. The molecule has 6 nitrogen and oxygen atoms in total. The molecule has 0 bridgehead atoms. The fourth-order valence-electron chi connectivity index (χ4n) is 9.50. The topological polar surface area (TPSA) is 48.8 Å². The number of aromatic nitrogens is 5. The second kappa shape index (κ2) is 17.4. The van der Waals surface area contributed by atoms with Crippen LogP contribution >= 0.6 is 0 Å². The minimum absolute atomic E-state index is 0.0695. The van der Waals surface area contributed by atoms with E-state index in [9.17, 15) is 2.74 Å². The Morgan fingerprint density at radius 2 is 1.13 bits per heavy atom. The number of para-hydroxylation sites is 2. The number of fused-ring (bicyclic) bond motifs is 4. The highest BCUT2D eigenvalue weighted by Crippen LogP contribution is 2.40. The second-order valence-corrected chi connectivity index (χ2v) is 21.5. The summed E-state index contributed by atoms with van der Waals surface area (Å²) in [6.45, 7) is 19.9. The van der Waals surface area contributed by atoms with E-state index >= 15 is 0 Å². The first-order chi connectivity index (χ1) is 36.2. The van der Waals surface area contributed by atoms with Crippen LogP contribution in [0.2, 0.25) is 0 Å². The van der Waals surface area contributed by atoms with Crippen molar-refractivity contribution in [3.8, 4) is 62.2 Å². The van der Waals surface area contributed by atoms with E-state index in [2.05, 4.69) is 170 Å². The van der Waals surface area contributed by atoms with E-state index in [4.69, 9.17) is 18.8 Å². The summed E-state index contributed by atoms with van der Waals surface area (Å²) in [5.41, 5.74) is 11.3. The number of benzene rings is 7. The molecular formula is C65H59N5O. The van der Waals surface area contributed by atoms with Crippen LogP contribution in [0.5, 0.6) is 11.5 Å². The minimum Gasteiger partial charge on any atom is -0.458 e. The van der Waals surface area contributed by atoms with Gasteiger partial charge in [0.25, 0.3) is 6.33 Å².